The highest BCUT2D eigenvalue weighted by Gasteiger charge is 2.24. The van der Waals surface area contributed by atoms with Gasteiger partial charge in [0.05, 0.1) is 30.4 Å². The summed E-state index contributed by atoms with van der Waals surface area (Å²) in [4.78, 5) is 35.0. The maximum absolute atomic E-state index is 13.0. The van der Waals surface area contributed by atoms with Gasteiger partial charge >= 0.3 is 0 Å². The molecule has 4 rings (SSSR count). The lowest BCUT2D eigenvalue weighted by Gasteiger charge is -2.25. The first-order valence-electron chi connectivity index (χ1n) is 9.73. The van der Waals surface area contributed by atoms with Crippen molar-refractivity contribution < 1.29 is 14.3 Å². The van der Waals surface area contributed by atoms with Gasteiger partial charge in [-0.2, -0.15) is 5.10 Å². The van der Waals surface area contributed by atoms with Crippen molar-refractivity contribution in [1.29, 1.82) is 0 Å². The first kappa shape index (κ1) is 19.6. The third-order valence-corrected chi connectivity index (χ3v) is 5.05. The molecule has 1 fully saturated rings. The van der Waals surface area contributed by atoms with Gasteiger partial charge in [-0.25, -0.2) is 9.67 Å². The number of pyridine rings is 2. The van der Waals surface area contributed by atoms with Crippen LogP contribution in [-0.4, -0.2) is 56.7 Å². The van der Waals surface area contributed by atoms with E-state index in [-0.39, 0.29) is 5.91 Å². The van der Waals surface area contributed by atoms with Crippen molar-refractivity contribution in [3.63, 3.8) is 0 Å². The summed E-state index contributed by atoms with van der Waals surface area (Å²) in [5.74, 6) is -0.214. The van der Waals surface area contributed by atoms with E-state index in [1.165, 1.54) is 13.3 Å². The fourth-order valence-corrected chi connectivity index (χ4v) is 3.47. The Balaban J connectivity index is 1.79. The largest absolute Gasteiger partial charge is 0.481 e. The fraction of sp³-hybridized carbons (Fsp3) is 0.286. The van der Waals surface area contributed by atoms with Crippen molar-refractivity contribution in [1.82, 2.24) is 24.6 Å². The molecule has 0 saturated carbocycles. The number of hydrogen-bond donors (Lipinski definition) is 1. The van der Waals surface area contributed by atoms with Gasteiger partial charge in [0.2, 0.25) is 11.8 Å². The minimum Gasteiger partial charge on any atom is -0.481 e. The average Bonchev–Trinajstić information content (AvgIpc) is 3.25. The number of methoxy groups -OCH3 is 1. The molecule has 9 heteroatoms. The summed E-state index contributed by atoms with van der Waals surface area (Å²) in [6, 6.07) is 8.31. The predicted octanol–water partition coefficient (Wildman–Crippen LogP) is 2.06. The van der Waals surface area contributed by atoms with Crippen LogP contribution in [-0.2, 0) is 0 Å². The van der Waals surface area contributed by atoms with Gasteiger partial charge in [-0.3, -0.25) is 14.6 Å². The summed E-state index contributed by atoms with van der Waals surface area (Å²) in [6.07, 6.45) is 6.21. The van der Waals surface area contributed by atoms with Crippen molar-refractivity contribution >= 4 is 11.8 Å². The lowest BCUT2D eigenvalue weighted by molar-refractivity contribution is 0.0717. The first-order chi connectivity index (χ1) is 14.6. The Bertz CT molecular complexity index is 1070. The molecular formula is C21H22N6O3. The second kappa shape index (κ2) is 8.32. The van der Waals surface area contributed by atoms with E-state index >= 15 is 0 Å². The number of nitrogens with zero attached hydrogens (tertiary/aromatic N) is 5. The lowest BCUT2D eigenvalue weighted by atomic mass is 10.1. The smallest absolute Gasteiger partial charge is 0.274 e. The molecule has 154 valence electrons. The standard InChI is InChI=1S/C21H22N6O3/c1-30-19-6-5-15(13-24-19)27-18(16-11-14(20(22)28)7-8-23-16)12-17(25-27)21(29)26-9-3-2-4-10-26/h5-8,11-13H,2-4,9-10H2,1H3,(H2,22,28). The molecule has 1 aliphatic rings. The molecule has 2 N–H and O–H groups in total. The molecular weight excluding hydrogens is 384 g/mol. The molecule has 0 aromatic carbocycles. The molecule has 9 nitrogen and oxygen atoms in total. The zero-order chi connectivity index (χ0) is 21.1. The van der Waals surface area contributed by atoms with Gasteiger partial charge in [-0.05, 0) is 43.5 Å². The van der Waals surface area contributed by atoms with Crippen LogP contribution >= 0.6 is 0 Å². The summed E-state index contributed by atoms with van der Waals surface area (Å²) in [6.45, 7) is 1.45. The van der Waals surface area contributed by atoms with E-state index in [0.29, 0.717) is 34.2 Å². The number of aromatic nitrogens is 4. The van der Waals surface area contributed by atoms with Crippen LogP contribution in [0.4, 0.5) is 0 Å². The molecule has 3 aromatic rings. The van der Waals surface area contributed by atoms with Crippen molar-refractivity contribution in [2.75, 3.05) is 20.2 Å². The summed E-state index contributed by atoms with van der Waals surface area (Å²) in [7, 11) is 1.54. The van der Waals surface area contributed by atoms with Crippen LogP contribution in [0.15, 0.2) is 42.7 Å². The Morgan fingerprint density at radius 3 is 2.53 bits per heavy atom. The molecule has 1 saturated heterocycles. The van der Waals surface area contributed by atoms with Gasteiger partial charge in [0.25, 0.3) is 5.91 Å². The van der Waals surface area contributed by atoms with Gasteiger partial charge in [0.15, 0.2) is 5.69 Å². The second-order valence-corrected chi connectivity index (χ2v) is 7.03. The number of carbonyl (C=O) groups excluding carboxylic acids is 2. The average molecular weight is 406 g/mol. The van der Waals surface area contributed by atoms with E-state index in [0.717, 1.165) is 32.4 Å². The van der Waals surface area contributed by atoms with E-state index in [4.69, 9.17) is 10.5 Å². The number of primary amides is 1. The Labute approximate surface area is 173 Å². The van der Waals surface area contributed by atoms with Crippen LogP contribution in [0, 0.1) is 0 Å². The van der Waals surface area contributed by atoms with Crippen LogP contribution in [0.1, 0.15) is 40.1 Å². The molecule has 30 heavy (non-hydrogen) atoms. The quantitative estimate of drug-likeness (QED) is 0.693. The van der Waals surface area contributed by atoms with Crippen LogP contribution in [0.2, 0.25) is 0 Å². The molecule has 0 aliphatic carbocycles. The number of likely N-dealkylation sites (tertiary alicyclic amines) is 1. The number of piperidine rings is 1. The van der Waals surface area contributed by atoms with Crippen LogP contribution < -0.4 is 10.5 Å². The van der Waals surface area contributed by atoms with Crippen molar-refractivity contribution in [2.24, 2.45) is 5.73 Å². The molecule has 0 spiro atoms. The fourth-order valence-electron chi connectivity index (χ4n) is 3.47. The van der Waals surface area contributed by atoms with Gasteiger partial charge in [-0.1, -0.05) is 0 Å². The van der Waals surface area contributed by atoms with E-state index in [1.54, 1.807) is 41.2 Å². The highest BCUT2D eigenvalue weighted by molar-refractivity contribution is 5.95. The molecule has 1 aliphatic heterocycles. The van der Waals surface area contributed by atoms with Gasteiger partial charge in [0.1, 0.15) is 0 Å². The number of rotatable bonds is 5. The zero-order valence-corrected chi connectivity index (χ0v) is 16.6. The van der Waals surface area contributed by atoms with E-state index in [1.807, 2.05) is 4.90 Å². The Morgan fingerprint density at radius 2 is 1.87 bits per heavy atom. The molecule has 0 atom stereocenters. The summed E-state index contributed by atoms with van der Waals surface area (Å²) in [5, 5.41) is 4.55. The topological polar surface area (TPSA) is 116 Å². The predicted molar refractivity (Wildman–Crippen MR) is 109 cm³/mol. The highest BCUT2D eigenvalue weighted by Crippen LogP contribution is 2.25. The van der Waals surface area contributed by atoms with Crippen molar-refractivity contribution in [3.8, 4) is 23.0 Å². The lowest BCUT2D eigenvalue weighted by Crippen LogP contribution is -2.35. The Hall–Kier alpha value is -3.75. The van der Waals surface area contributed by atoms with Crippen molar-refractivity contribution in [2.45, 2.75) is 19.3 Å². The maximum atomic E-state index is 13.0. The molecule has 0 bridgehead atoms. The number of amides is 2. The SMILES string of the molecule is COc1ccc(-n2nc(C(=O)N3CCCCC3)cc2-c2cc(C(N)=O)ccn2)cn1. The van der Waals surface area contributed by atoms with Crippen LogP contribution in [0.3, 0.4) is 0 Å². The molecule has 4 heterocycles. The van der Waals surface area contributed by atoms with Gasteiger partial charge in [0, 0.05) is 30.9 Å². The van der Waals surface area contributed by atoms with Crippen molar-refractivity contribution in [3.05, 3.63) is 54.0 Å². The van der Waals surface area contributed by atoms with E-state index in [2.05, 4.69) is 15.1 Å². The Morgan fingerprint density at radius 1 is 1.07 bits per heavy atom. The molecule has 3 aromatic heterocycles. The van der Waals surface area contributed by atoms with E-state index < -0.39 is 5.91 Å². The minimum absolute atomic E-state index is 0.123. The Kier molecular flexibility index (Phi) is 5.42. The van der Waals surface area contributed by atoms with Crippen LogP contribution in [0.25, 0.3) is 17.1 Å². The maximum Gasteiger partial charge on any atom is 0.274 e. The summed E-state index contributed by atoms with van der Waals surface area (Å²) >= 11 is 0. The third-order valence-electron chi connectivity index (χ3n) is 5.05. The summed E-state index contributed by atoms with van der Waals surface area (Å²) in [5.41, 5.74) is 7.73. The minimum atomic E-state index is -0.555. The van der Waals surface area contributed by atoms with E-state index in [9.17, 15) is 9.59 Å². The van der Waals surface area contributed by atoms with Gasteiger partial charge in [-0.15, -0.1) is 0 Å². The highest BCUT2D eigenvalue weighted by atomic mass is 16.5. The number of hydrogen-bond acceptors (Lipinski definition) is 6. The van der Waals surface area contributed by atoms with Gasteiger partial charge < -0.3 is 15.4 Å². The number of carbonyl (C=O) groups is 2. The number of ether oxygens (including phenoxy) is 1. The zero-order valence-electron chi connectivity index (χ0n) is 16.6. The van der Waals surface area contributed by atoms with Crippen LogP contribution in [0.5, 0.6) is 5.88 Å². The molecule has 2 amide bonds. The summed E-state index contributed by atoms with van der Waals surface area (Å²) < 4.78 is 6.71. The monoisotopic (exact) mass is 406 g/mol. The molecule has 0 radical (unpaired) electrons. The second-order valence-electron chi connectivity index (χ2n) is 7.03. The first-order valence-corrected chi connectivity index (χ1v) is 9.73. The molecule has 0 unspecified atom stereocenters. The number of nitrogens with two attached hydrogens (primary N) is 1. The third kappa shape index (κ3) is 3.86. The normalized spacial score (nSPS) is 13.8.